The lowest BCUT2D eigenvalue weighted by atomic mass is 9.95. The molecule has 0 fully saturated rings. The molecule has 0 unspecified atom stereocenters. The maximum absolute atomic E-state index is 14.2. The lowest BCUT2D eigenvalue weighted by Gasteiger charge is -2.34. The highest BCUT2D eigenvalue weighted by Crippen LogP contribution is 2.38. The number of amides is 2. The second-order valence-corrected chi connectivity index (χ2v) is 7.96. The van der Waals surface area contributed by atoms with Crippen LogP contribution in [0.3, 0.4) is 0 Å². The van der Waals surface area contributed by atoms with E-state index in [-0.39, 0.29) is 18.2 Å². The molecule has 4 N–H and O–H groups in total. The van der Waals surface area contributed by atoms with Crippen molar-refractivity contribution in [1.29, 1.82) is 0 Å². The Kier molecular flexibility index (Phi) is 6.59. The number of hydrogen-bond acceptors (Lipinski definition) is 5. The number of ether oxygens (including phenoxy) is 1. The summed E-state index contributed by atoms with van der Waals surface area (Å²) in [5.41, 5.74) is 6.91. The highest BCUT2D eigenvalue weighted by atomic mass is 35.5. The topological polar surface area (TPSA) is 92.5 Å². The Balaban J connectivity index is 1.74. The molecule has 174 valence electrons. The van der Waals surface area contributed by atoms with Crippen molar-refractivity contribution >= 4 is 39.9 Å². The fraction of sp³-hybridized carbons (Fsp3) is 0.273. The molecule has 0 aliphatic carbocycles. The summed E-state index contributed by atoms with van der Waals surface area (Å²) in [6, 6.07) is 4.81. The van der Waals surface area contributed by atoms with Gasteiger partial charge in [-0.1, -0.05) is 11.6 Å². The van der Waals surface area contributed by atoms with Gasteiger partial charge in [0.15, 0.2) is 11.6 Å². The van der Waals surface area contributed by atoms with Gasteiger partial charge in [0.2, 0.25) is 0 Å². The van der Waals surface area contributed by atoms with Crippen LogP contribution in [0.5, 0.6) is 0 Å². The number of nitrogens with two attached hydrogens (primary N) is 1. The fourth-order valence-corrected chi connectivity index (χ4v) is 3.95. The van der Waals surface area contributed by atoms with E-state index in [9.17, 15) is 18.0 Å². The highest BCUT2D eigenvalue weighted by Gasteiger charge is 2.32. The zero-order valence-electron chi connectivity index (χ0n) is 17.6. The molecule has 4 rings (SSSR count). The van der Waals surface area contributed by atoms with Gasteiger partial charge in [0.1, 0.15) is 11.6 Å². The number of urea groups is 1. The number of likely N-dealkylation sites (N-methyl/N-ethyl adjacent to an activating group) is 1. The Morgan fingerprint density at radius 1 is 1.21 bits per heavy atom. The van der Waals surface area contributed by atoms with Crippen molar-refractivity contribution in [1.82, 2.24) is 9.88 Å². The van der Waals surface area contributed by atoms with Gasteiger partial charge in [-0.3, -0.25) is 0 Å². The van der Waals surface area contributed by atoms with E-state index in [1.54, 1.807) is 0 Å². The average Bonchev–Trinajstić information content (AvgIpc) is 2.80. The molecule has 2 aromatic carbocycles. The molecule has 3 aromatic rings. The number of pyridine rings is 1. The maximum Gasteiger partial charge on any atom is 0.322 e. The first kappa shape index (κ1) is 23.1. The third kappa shape index (κ3) is 4.54. The van der Waals surface area contributed by atoms with Gasteiger partial charge >= 0.3 is 6.03 Å². The van der Waals surface area contributed by atoms with E-state index >= 15 is 0 Å². The van der Waals surface area contributed by atoms with Gasteiger partial charge in [0.25, 0.3) is 0 Å². The Hall–Kier alpha value is -3.08. The number of aromatic nitrogens is 1. The number of halogens is 4. The summed E-state index contributed by atoms with van der Waals surface area (Å²) >= 11 is 5.79. The largest absolute Gasteiger partial charge is 0.373 e. The molecule has 7 nitrogen and oxygen atoms in total. The third-order valence-corrected chi connectivity index (χ3v) is 5.70. The van der Waals surface area contributed by atoms with Crippen molar-refractivity contribution in [3.63, 3.8) is 0 Å². The van der Waals surface area contributed by atoms with Gasteiger partial charge in [-0.2, -0.15) is 0 Å². The van der Waals surface area contributed by atoms with Crippen LogP contribution in [-0.4, -0.2) is 42.7 Å². The first-order chi connectivity index (χ1) is 15.8. The third-order valence-electron chi connectivity index (χ3n) is 5.41. The van der Waals surface area contributed by atoms with E-state index in [4.69, 9.17) is 22.1 Å². The predicted molar refractivity (Wildman–Crippen MR) is 120 cm³/mol. The number of carbonyl (C=O) groups excluding carboxylic acids is 1. The minimum absolute atomic E-state index is 0.118. The number of benzene rings is 2. The van der Waals surface area contributed by atoms with Crippen molar-refractivity contribution in [2.24, 2.45) is 5.73 Å². The molecule has 2 heterocycles. The Labute approximate surface area is 192 Å². The Bertz CT molecular complexity index is 1230. The summed E-state index contributed by atoms with van der Waals surface area (Å²) in [5.74, 6) is -2.28. The molecule has 1 aliphatic rings. The number of carbonyl (C=O) groups is 1. The van der Waals surface area contributed by atoms with Crippen molar-refractivity contribution in [2.75, 3.05) is 37.4 Å². The summed E-state index contributed by atoms with van der Waals surface area (Å²) in [5, 5.41) is 6.32. The second kappa shape index (κ2) is 9.42. The summed E-state index contributed by atoms with van der Waals surface area (Å²) in [7, 11) is 1.54. The summed E-state index contributed by atoms with van der Waals surface area (Å²) < 4.78 is 47.4. The van der Waals surface area contributed by atoms with E-state index in [0.29, 0.717) is 46.6 Å². The predicted octanol–water partition coefficient (Wildman–Crippen LogP) is 4.41. The molecule has 11 heteroatoms. The van der Waals surface area contributed by atoms with Crippen LogP contribution in [0.25, 0.3) is 10.8 Å². The number of nitrogens with one attached hydrogen (secondary N) is 2. The zero-order chi connectivity index (χ0) is 23.7. The number of fused-ring (bicyclic) bond motifs is 3. The molecule has 2 amide bonds. The molecule has 0 bridgehead atoms. The van der Waals surface area contributed by atoms with Crippen LogP contribution in [-0.2, 0) is 11.3 Å². The lowest BCUT2D eigenvalue weighted by Crippen LogP contribution is -2.39. The van der Waals surface area contributed by atoms with E-state index in [1.807, 2.05) is 0 Å². The second-order valence-electron chi connectivity index (χ2n) is 7.55. The van der Waals surface area contributed by atoms with Crippen LogP contribution >= 0.6 is 11.6 Å². The molecule has 33 heavy (non-hydrogen) atoms. The van der Waals surface area contributed by atoms with Crippen LogP contribution < -0.4 is 16.4 Å². The van der Waals surface area contributed by atoms with Gasteiger partial charge in [-0.05, 0) is 35.7 Å². The summed E-state index contributed by atoms with van der Waals surface area (Å²) in [6.45, 7) is 0.958. The molecular weight excluding hydrogens is 459 g/mol. The van der Waals surface area contributed by atoms with Crippen molar-refractivity contribution < 1.29 is 22.7 Å². The fourth-order valence-electron chi connectivity index (χ4n) is 3.77. The van der Waals surface area contributed by atoms with E-state index in [0.717, 1.165) is 18.2 Å². The molecule has 1 aromatic heterocycles. The van der Waals surface area contributed by atoms with Gasteiger partial charge in [-0.15, -0.1) is 0 Å². The first-order valence-electron chi connectivity index (χ1n) is 10.1. The first-order valence-corrected chi connectivity index (χ1v) is 10.5. The Morgan fingerprint density at radius 3 is 2.64 bits per heavy atom. The average molecular weight is 480 g/mol. The van der Waals surface area contributed by atoms with Crippen LogP contribution in [0.2, 0.25) is 5.02 Å². The van der Waals surface area contributed by atoms with Crippen molar-refractivity contribution in [3.05, 3.63) is 64.1 Å². The maximum atomic E-state index is 14.2. The minimum atomic E-state index is -1.01. The molecule has 1 atom stereocenters. The van der Waals surface area contributed by atoms with Crippen LogP contribution in [0, 0.1) is 17.5 Å². The molecule has 0 saturated carbocycles. The number of hydrogen-bond donors (Lipinski definition) is 3. The summed E-state index contributed by atoms with van der Waals surface area (Å²) in [4.78, 5) is 18.8. The van der Waals surface area contributed by atoms with Gasteiger partial charge in [0, 0.05) is 36.8 Å². The molecule has 0 spiro atoms. The van der Waals surface area contributed by atoms with E-state index in [1.165, 1.54) is 24.1 Å². The number of anilines is 2. The van der Waals surface area contributed by atoms with Crippen LogP contribution in [0.4, 0.5) is 29.5 Å². The zero-order valence-corrected chi connectivity index (χ0v) is 18.3. The smallest absolute Gasteiger partial charge is 0.322 e. The van der Waals surface area contributed by atoms with E-state index in [2.05, 4.69) is 15.6 Å². The number of nitrogens with zero attached hydrogens (tertiary/aromatic N) is 2. The van der Waals surface area contributed by atoms with Crippen LogP contribution in [0.15, 0.2) is 30.3 Å². The van der Waals surface area contributed by atoms with Crippen LogP contribution in [0.1, 0.15) is 17.3 Å². The van der Waals surface area contributed by atoms with Gasteiger partial charge in [-0.25, -0.2) is 22.9 Å². The quantitative estimate of drug-likeness (QED) is 0.504. The molecule has 0 saturated heterocycles. The minimum Gasteiger partial charge on any atom is -0.373 e. The number of rotatable bonds is 5. The standard InChI is InChI=1S/C22H21ClF3N5O2/c1-31(22(32)29-11-2-3-15(24)14(23)6-11)19-10-33-9-18-20(19)12-7-16(25)17(26)8-13(12)21(30-18)28-5-4-27/h2-3,6-8,19H,4-5,9-10,27H2,1H3,(H,28,30)(H,29,32)/t19-/m1/s1. The normalized spacial score (nSPS) is 15.3. The monoisotopic (exact) mass is 479 g/mol. The SMILES string of the molecule is CN(C(=O)Nc1ccc(F)c(Cl)c1)[C@@H]1COCc2nc(NCCN)c3cc(F)c(F)cc3c21. The summed E-state index contributed by atoms with van der Waals surface area (Å²) in [6.07, 6.45) is 0. The molecule has 1 aliphatic heterocycles. The highest BCUT2D eigenvalue weighted by molar-refractivity contribution is 6.31. The van der Waals surface area contributed by atoms with E-state index < -0.39 is 29.5 Å². The van der Waals surface area contributed by atoms with Crippen molar-refractivity contribution in [3.8, 4) is 0 Å². The lowest BCUT2D eigenvalue weighted by molar-refractivity contribution is 0.0529. The van der Waals surface area contributed by atoms with Crippen molar-refractivity contribution in [2.45, 2.75) is 12.6 Å². The van der Waals surface area contributed by atoms with Gasteiger partial charge < -0.3 is 26.0 Å². The molecular formula is C22H21ClF3N5O2. The molecule has 0 radical (unpaired) electrons. The van der Waals surface area contributed by atoms with Gasteiger partial charge in [0.05, 0.1) is 30.0 Å². The Morgan fingerprint density at radius 2 is 1.94 bits per heavy atom.